The number of carbonyl (C=O) groups excluding carboxylic acids is 2. The van der Waals surface area contributed by atoms with Crippen LogP contribution < -0.4 is 4.90 Å². The molecule has 0 spiro atoms. The van der Waals surface area contributed by atoms with Crippen LogP contribution in [-0.4, -0.2) is 52.7 Å². The van der Waals surface area contributed by atoms with Crippen LogP contribution in [0.3, 0.4) is 0 Å². The molecule has 2 saturated heterocycles. The minimum absolute atomic E-state index is 0.0617. The Hall–Kier alpha value is -3.87. The molecule has 5 rings (SSSR count). The molecule has 3 aromatic rings. The minimum Gasteiger partial charge on any atom is -0.454 e. The van der Waals surface area contributed by atoms with Gasteiger partial charge >= 0.3 is 5.97 Å². The van der Waals surface area contributed by atoms with Crippen LogP contribution in [0, 0.1) is 0 Å². The second-order valence-corrected chi connectivity index (χ2v) is 8.42. The summed E-state index contributed by atoms with van der Waals surface area (Å²) >= 11 is 0. The maximum Gasteiger partial charge on any atom is 0.334 e. The molecular formula is C26H26N4O3. The van der Waals surface area contributed by atoms with E-state index in [1.165, 1.54) is 5.69 Å². The Balaban J connectivity index is 1.24. The third-order valence-electron chi connectivity index (χ3n) is 6.27. The van der Waals surface area contributed by atoms with Gasteiger partial charge in [-0.1, -0.05) is 49.0 Å². The number of amides is 1. The van der Waals surface area contributed by atoms with Crippen molar-refractivity contribution in [2.45, 2.75) is 19.1 Å². The van der Waals surface area contributed by atoms with Crippen molar-refractivity contribution in [1.29, 1.82) is 0 Å². The summed E-state index contributed by atoms with van der Waals surface area (Å²) < 4.78 is 7.16. The highest BCUT2D eigenvalue weighted by atomic mass is 16.5. The minimum atomic E-state index is -0.344. The van der Waals surface area contributed by atoms with Gasteiger partial charge in [0.25, 0.3) is 0 Å². The van der Waals surface area contributed by atoms with Crippen molar-refractivity contribution in [3.63, 3.8) is 0 Å². The van der Waals surface area contributed by atoms with Crippen molar-refractivity contribution in [3.05, 3.63) is 84.7 Å². The van der Waals surface area contributed by atoms with E-state index in [4.69, 9.17) is 4.74 Å². The third kappa shape index (κ3) is 4.39. The number of para-hydroxylation sites is 1. The van der Waals surface area contributed by atoms with Gasteiger partial charge in [0, 0.05) is 61.2 Å². The molecule has 7 nitrogen and oxygen atoms in total. The predicted octanol–water partition coefficient (Wildman–Crippen LogP) is 3.44. The second kappa shape index (κ2) is 8.94. The second-order valence-electron chi connectivity index (χ2n) is 8.42. The van der Waals surface area contributed by atoms with Gasteiger partial charge in [-0.2, -0.15) is 5.10 Å². The van der Waals surface area contributed by atoms with Crippen molar-refractivity contribution < 1.29 is 14.3 Å². The molecule has 2 aliphatic heterocycles. The maximum atomic E-state index is 12.9. The Morgan fingerprint density at radius 2 is 1.76 bits per heavy atom. The molecule has 2 aliphatic rings. The Morgan fingerprint density at radius 3 is 2.48 bits per heavy atom. The van der Waals surface area contributed by atoms with Crippen LogP contribution in [0.25, 0.3) is 11.1 Å². The molecule has 1 unspecified atom stereocenters. The van der Waals surface area contributed by atoms with Gasteiger partial charge in [-0.3, -0.25) is 9.48 Å². The molecule has 1 atom stereocenters. The van der Waals surface area contributed by atoms with Gasteiger partial charge in [0.2, 0.25) is 5.91 Å². The SMILES string of the molecule is C=C1CC(c2ccccc2-c2cnn(CC(=O)N3CCN(c4ccccc4)CC3)c2)OC1=O. The maximum absolute atomic E-state index is 12.9. The summed E-state index contributed by atoms with van der Waals surface area (Å²) in [5.41, 5.74) is 4.44. The zero-order valence-corrected chi connectivity index (χ0v) is 18.4. The van der Waals surface area contributed by atoms with Gasteiger partial charge in [-0.05, 0) is 17.7 Å². The van der Waals surface area contributed by atoms with Gasteiger partial charge in [0.1, 0.15) is 12.6 Å². The zero-order chi connectivity index (χ0) is 22.8. The predicted molar refractivity (Wildman–Crippen MR) is 125 cm³/mol. The molecule has 3 heterocycles. The highest BCUT2D eigenvalue weighted by Gasteiger charge is 2.30. The van der Waals surface area contributed by atoms with Crippen LogP contribution in [0.1, 0.15) is 18.1 Å². The number of benzene rings is 2. The highest BCUT2D eigenvalue weighted by molar-refractivity contribution is 5.90. The number of nitrogens with zero attached hydrogens (tertiary/aromatic N) is 4. The van der Waals surface area contributed by atoms with Crippen LogP contribution in [-0.2, 0) is 20.9 Å². The first-order valence-electron chi connectivity index (χ1n) is 11.2. The number of hydrogen-bond donors (Lipinski definition) is 0. The highest BCUT2D eigenvalue weighted by Crippen LogP contribution is 2.37. The van der Waals surface area contributed by atoms with Crippen LogP contribution in [0.5, 0.6) is 0 Å². The van der Waals surface area contributed by atoms with Gasteiger partial charge in [0.15, 0.2) is 0 Å². The molecule has 0 bridgehead atoms. The first-order chi connectivity index (χ1) is 16.1. The van der Waals surface area contributed by atoms with Gasteiger partial charge in [-0.25, -0.2) is 4.79 Å². The fourth-order valence-electron chi connectivity index (χ4n) is 4.46. The lowest BCUT2D eigenvalue weighted by Gasteiger charge is -2.36. The normalized spacial score (nSPS) is 18.5. The van der Waals surface area contributed by atoms with E-state index in [-0.39, 0.29) is 24.5 Å². The van der Waals surface area contributed by atoms with Crippen LogP contribution in [0.15, 0.2) is 79.1 Å². The average molecular weight is 443 g/mol. The number of carbonyl (C=O) groups is 2. The van der Waals surface area contributed by atoms with E-state index < -0.39 is 0 Å². The fraction of sp³-hybridized carbons (Fsp3) is 0.269. The Morgan fingerprint density at radius 1 is 1.03 bits per heavy atom. The third-order valence-corrected chi connectivity index (χ3v) is 6.27. The molecule has 2 fully saturated rings. The van der Waals surface area contributed by atoms with Crippen LogP contribution in [0.2, 0.25) is 0 Å². The number of ether oxygens (including phenoxy) is 1. The molecule has 33 heavy (non-hydrogen) atoms. The summed E-state index contributed by atoms with van der Waals surface area (Å²) in [6.07, 6.45) is 3.78. The molecule has 168 valence electrons. The number of anilines is 1. The number of rotatable bonds is 5. The molecule has 0 N–H and O–H groups in total. The van der Waals surface area contributed by atoms with E-state index in [1.54, 1.807) is 10.9 Å². The van der Waals surface area contributed by atoms with Crippen molar-refractivity contribution in [2.24, 2.45) is 0 Å². The topological polar surface area (TPSA) is 67.7 Å². The van der Waals surface area contributed by atoms with E-state index in [0.717, 1.165) is 29.8 Å². The van der Waals surface area contributed by atoms with Crippen molar-refractivity contribution >= 4 is 17.6 Å². The Labute approximate surface area is 192 Å². The van der Waals surface area contributed by atoms with E-state index >= 15 is 0 Å². The number of aromatic nitrogens is 2. The number of esters is 1. The molecule has 1 amide bonds. The van der Waals surface area contributed by atoms with Crippen LogP contribution >= 0.6 is 0 Å². The molecule has 7 heteroatoms. The summed E-state index contributed by atoms with van der Waals surface area (Å²) in [5, 5.41) is 4.42. The van der Waals surface area contributed by atoms with E-state index in [0.29, 0.717) is 25.1 Å². The fourth-order valence-corrected chi connectivity index (χ4v) is 4.46. The largest absolute Gasteiger partial charge is 0.454 e. The molecule has 2 aromatic carbocycles. The summed E-state index contributed by atoms with van der Waals surface area (Å²) in [4.78, 5) is 28.9. The standard InChI is InChI=1S/C26H26N4O3/c1-19-15-24(33-26(19)32)23-10-6-5-9-22(23)20-16-27-30(17-20)18-25(31)29-13-11-28(12-14-29)21-7-3-2-4-8-21/h2-10,16-17,24H,1,11-15,18H2. The number of piperazine rings is 1. The van der Waals surface area contributed by atoms with E-state index in [9.17, 15) is 9.59 Å². The molecule has 1 aromatic heterocycles. The molecule has 0 radical (unpaired) electrons. The summed E-state index contributed by atoms with van der Waals surface area (Å²) in [6, 6.07) is 18.1. The van der Waals surface area contributed by atoms with E-state index in [1.807, 2.05) is 53.6 Å². The lowest BCUT2D eigenvalue weighted by Crippen LogP contribution is -2.49. The monoisotopic (exact) mass is 442 g/mol. The quantitative estimate of drug-likeness (QED) is 0.447. The van der Waals surface area contributed by atoms with Crippen LogP contribution in [0.4, 0.5) is 5.69 Å². The van der Waals surface area contributed by atoms with Gasteiger partial charge in [0.05, 0.1) is 6.20 Å². The first-order valence-corrected chi connectivity index (χ1v) is 11.2. The molecular weight excluding hydrogens is 416 g/mol. The Kier molecular flexibility index (Phi) is 5.69. The lowest BCUT2D eigenvalue weighted by molar-refractivity contribution is -0.139. The molecule has 0 aliphatic carbocycles. The Bertz CT molecular complexity index is 1160. The lowest BCUT2D eigenvalue weighted by atomic mass is 9.96. The summed E-state index contributed by atoms with van der Waals surface area (Å²) in [6.45, 7) is 7.01. The average Bonchev–Trinajstić information content (AvgIpc) is 3.45. The molecule has 0 saturated carbocycles. The number of hydrogen-bond acceptors (Lipinski definition) is 5. The summed E-state index contributed by atoms with van der Waals surface area (Å²) in [7, 11) is 0. The number of cyclic esters (lactones) is 1. The summed E-state index contributed by atoms with van der Waals surface area (Å²) in [5.74, 6) is -0.282. The van der Waals surface area contributed by atoms with Crippen molar-refractivity contribution in [3.8, 4) is 11.1 Å². The van der Waals surface area contributed by atoms with Crippen molar-refractivity contribution in [1.82, 2.24) is 14.7 Å². The zero-order valence-electron chi connectivity index (χ0n) is 18.4. The smallest absolute Gasteiger partial charge is 0.334 e. The van der Waals surface area contributed by atoms with Gasteiger partial charge in [-0.15, -0.1) is 0 Å². The van der Waals surface area contributed by atoms with E-state index in [2.05, 4.69) is 28.7 Å². The van der Waals surface area contributed by atoms with Gasteiger partial charge < -0.3 is 14.5 Å². The van der Waals surface area contributed by atoms with Crippen molar-refractivity contribution in [2.75, 3.05) is 31.1 Å². The first kappa shape index (κ1) is 21.0.